The molecule has 0 aliphatic carbocycles. The quantitative estimate of drug-likeness (QED) is 0.281. The number of nitro benzene ring substituents is 1. The van der Waals surface area contributed by atoms with Gasteiger partial charge in [-0.15, -0.1) is 11.8 Å². The highest BCUT2D eigenvalue weighted by Crippen LogP contribution is 2.36. The Morgan fingerprint density at radius 2 is 1.70 bits per heavy atom. The van der Waals surface area contributed by atoms with Crippen LogP contribution in [0.2, 0.25) is 0 Å². The summed E-state index contributed by atoms with van der Waals surface area (Å²) in [6.45, 7) is 0. The predicted octanol–water partition coefficient (Wildman–Crippen LogP) is 4.65. The molecule has 6 nitrogen and oxygen atoms in total. The van der Waals surface area contributed by atoms with Gasteiger partial charge in [-0.25, -0.2) is 0 Å². The number of nitrogens with two attached hydrogens (primary N) is 1. The van der Waals surface area contributed by atoms with Gasteiger partial charge in [0, 0.05) is 28.4 Å². The van der Waals surface area contributed by atoms with Gasteiger partial charge in [0.2, 0.25) is 5.91 Å². The molecule has 1 atom stereocenters. The Morgan fingerprint density at radius 1 is 1.00 bits per heavy atom. The number of carbonyl (C=O) groups is 1. The van der Waals surface area contributed by atoms with Crippen molar-refractivity contribution in [3.8, 4) is 0 Å². The van der Waals surface area contributed by atoms with Gasteiger partial charge in [-0.05, 0) is 35.9 Å². The highest BCUT2D eigenvalue weighted by Gasteiger charge is 2.22. The smallest absolute Gasteiger partial charge is 0.269 e. The molecule has 27 heavy (non-hydrogen) atoms. The number of thioether (sulfide) groups is 1. The maximum Gasteiger partial charge on any atom is 0.269 e. The fourth-order valence-corrected chi connectivity index (χ4v) is 3.59. The summed E-state index contributed by atoms with van der Waals surface area (Å²) in [6, 6.07) is 22.5. The Labute approximate surface area is 160 Å². The van der Waals surface area contributed by atoms with E-state index in [4.69, 9.17) is 5.73 Å². The van der Waals surface area contributed by atoms with Crippen LogP contribution < -0.4 is 11.1 Å². The summed E-state index contributed by atoms with van der Waals surface area (Å²) in [6.07, 6.45) is 0. The highest BCUT2D eigenvalue weighted by atomic mass is 32.2. The van der Waals surface area contributed by atoms with Crippen molar-refractivity contribution >= 4 is 34.7 Å². The SMILES string of the molecule is Nc1cccc(SC(C(=O)Nc2ccc([N+](=O)[O-])cc2)c2ccccc2)c1. The third-order valence-corrected chi connectivity index (χ3v) is 5.05. The predicted molar refractivity (Wildman–Crippen MR) is 108 cm³/mol. The molecule has 0 aliphatic rings. The van der Waals surface area contributed by atoms with E-state index < -0.39 is 10.2 Å². The molecule has 0 spiro atoms. The molecule has 0 aliphatic heterocycles. The van der Waals surface area contributed by atoms with Gasteiger partial charge in [0.25, 0.3) is 5.69 Å². The lowest BCUT2D eigenvalue weighted by atomic mass is 10.1. The molecule has 1 unspecified atom stereocenters. The van der Waals surface area contributed by atoms with E-state index in [0.29, 0.717) is 11.4 Å². The number of benzene rings is 3. The molecule has 3 aromatic rings. The lowest BCUT2D eigenvalue weighted by Gasteiger charge is -2.17. The number of rotatable bonds is 6. The van der Waals surface area contributed by atoms with E-state index in [0.717, 1.165) is 10.5 Å². The fraction of sp³-hybridized carbons (Fsp3) is 0.0500. The van der Waals surface area contributed by atoms with E-state index in [9.17, 15) is 14.9 Å². The van der Waals surface area contributed by atoms with Crippen LogP contribution in [0, 0.1) is 10.1 Å². The number of nitrogens with one attached hydrogen (secondary N) is 1. The summed E-state index contributed by atoms with van der Waals surface area (Å²) in [5, 5.41) is 13.1. The van der Waals surface area contributed by atoms with E-state index in [2.05, 4.69) is 5.32 Å². The number of hydrogen-bond donors (Lipinski definition) is 2. The molecule has 0 aromatic heterocycles. The van der Waals surface area contributed by atoms with Crippen LogP contribution in [-0.2, 0) is 4.79 Å². The first-order valence-electron chi connectivity index (χ1n) is 8.15. The van der Waals surface area contributed by atoms with Crippen LogP contribution in [0.1, 0.15) is 10.8 Å². The van der Waals surface area contributed by atoms with Crippen molar-refractivity contribution in [1.29, 1.82) is 0 Å². The van der Waals surface area contributed by atoms with Crippen molar-refractivity contribution in [3.63, 3.8) is 0 Å². The molecule has 3 N–H and O–H groups in total. The van der Waals surface area contributed by atoms with Gasteiger partial charge in [0.15, 0.2) is 0 Å². The molecule has 3 aromatic carbocycles. The second kappa shape index (κ2) is 8.37. The molecule has 0 radical (unpaired) electrons. The van der Waals surface area contributed by atoms with Crippen molar-refractivity contribution in [2.24, 2.45) is 0 Å². The monoisotopic (exact) mass is 379 g/mol. The number of nitro groups is 1. The van der Waals surface area contributed by atoms with Gasteiger partial charge >= 0.3 is 0 Å². The van der Waals surface area contributed by atoms with Crippen LogP contribution >= 0.6 is 11.8 Å². The first kappa shape index (κ1) is 18.5. The third kappa shape index (κ3) is 4.86. The first-order chi connectivity index (χ1) is 13.0. The van der Waals surface area contributed by atoms with E-state index in [1.807, 2.05) is 48.5 Å². The molecule has 0 bridgehead atoms. The molecule has 3 rings (SSSR count). The topological polar surface area (TPSA) is 98.3 Å². The molecular formula is C20H17N3O3S. The second-order valence-corrected chi connectivity index (χ2v) is 6.95. The molecular weight excluding hydrogens is 362 g/mol. The normalized spacial score (nSPS) is 11.6. The molecule has 0 saturated carbocycles. The Bertz CT molecular complexity index is 946. The van der Waals surface area contributed by atoms with E-state index in [-0.39, 0.29) is 11.6 Å². The zero-order chi connectivity index (χ0) is 19.2. The molecule has 1 amide bonds. The number of nitrogen functional groups attached to an aromatic ring is 1. The minimum absolute atomic E-state index is 0.0262. The number of non-ortho nitro benzene ring substituents is 1. The van der Waals surface area contributed by atoms with Crippen LogP contribution in [0.15, 0.2) is 83.8 Å². The summed E-state index contributed by atoms with van der Waals surface area (Å²) in [5.74, 6) is -0.220. The lowest BCUT2D eigenvalue weighted by Crippen LogP contribution is -2.19. The summed E-state index contributed by atoms with van der Waals surface area (Å²) in [4.78, 5) is 24.1. The van der Waals surface area contributed by atoms with E-state index in [1.54, 1.807) is 6.07 Å². The third-order valence-electron chi connectivity index (χ3n) is 3.80. The zero-order valence-electron chi connectivity index (χ0n) is 14.2. The van der Waals surface area contributed by atoms with E-state index >= 15 is 0 Å². The van der Waals surface area contributed by atoms with Gasteiger partial charge in [-0.1, -0.05) is 36.4 Å². The first-order valence-corrected chi connectivity index (χ1v) is 9.03. The Morgan fingerprint density at radius 3 is 2.33 bits per heavy atom. The Balaban J connectivity index is 1.83. The zero-order valence-corrected chi connectivity index (χ0v) is 15.1. The van der Waals surface area contributed by atoms with Crippen molar-refractivity contribution in [3.05, 3.63) is 94.5 Å². The number of amides is 1. The van der Waals surface area contributed by atoms with Crippen LogP contribution in [0.5, 0.6) is 0 Å². The van der Waals surface area contributed by atoms with Crippen LogP contribution in [0.4, 0.5) is 17.1 Å². The summed E-state index contributed by atoms with van der Waals surface area (Å²) < 4.78 is 0. The number of carbonyl (C=O) groups excluding carboxylic acids is 1. The lowest BCUT2D eigenvalue weighted by molar-refractivity contribution is -0.384. The maximum absolute atomic E-state index is 12.9. The van der Waals surface area contributed by atoms with Gasteiger partial charge < -0.3 is 11.1 Å². The second-order valence-electron chi connectivity index (χ2n) is 5.77. The van der Waals surface area contributed by atoms with Crippen molar-refractivity contribution in [2.75, 3.05) is 11.1 Å². The Hall–Kier alpha value is -3.32. The fourth-order valence-electron chi connectivity index (χ4n) is 2.50. The van der Waals surface area contributed by atoms with Gasteiger partial charge in [-0.3, -0.25) is 14.9 Å². The average Bonchev–Trinajstić information content (AvgIpc) is 2.67. The molecule has 0 heterocycles. The molecule has 7 heteroatoms. The van der Waals surface area contributed by atoms with Crippen LogP contribution in [0.25, 0.3) is 0 Å². The number of hydrogen-bond acceptors (Lipinski definition) is 5. The number of anilines is 2. The van der Waals surface area contributed by atoms with E-state index in [1.165, 1.54) is 36.0 Å². The Kier molecular flexibility index (Phi) is 5.73. The summed E-state index contributed by atoms with van der Waals surface area (Å²) >= 11 is 1.39. The highest BCUT2D eigenvalue weighted by molar-refractivity contribution is 8.00. The summed E-state index contributed by atoms with van der Waals surface area (Å²) in [5.41, 5.74) is 7.79. The van der Waals surface area contributed by atoms with Crippen molar-refractivity contribution in [1.82, 2.24) is 0 Å². The standard InChI is InChI=1S/C20H17N3O3S/c21-15-7-4-8-18(13-15)27-19(14-5-2-1-3-6-14)20(24)22-16-9-11-17(12-10-16)23(25)26/h1-13,19H,21H2,(H,22,24). The molecule has 0 fully saturated rings. The average molecular weight is 379 g/mol. The van der Waals surface area contributed by atoms with Crippen molar-refractivity contribution in [2.45, 2.75) is 10.1 Å². The van der Waals surface area contributed by atoms with Gasteiger partial charge in [-0.2, -0.15) is 0 Å². The van der Waals surface area contributed by atoms with Crippen LogP contribution in [0.3, 0.4) is 0 Å². The van der Waals surface area contributed by atoms with Gasteiger partial charge in [0.1, 0.15) is 5.25 Å². The van der Waals surface area contributed by atoms with Crippen LogP contribution in [-0.4, -0.2) is 10.8 Å². The minimum Gasteiger partial charge on any atom is -0.399 e. The minimum atomic E-state index is -0.497. The molecule has 136 valence electrons. The van der Waals surface area contributed by atoms with Gasteiger partial charge in [0.05, 0.1) is 4.92 Å². The maximum atomic E-state index is 12.9. The number of nitrogens with zero attached hydrogens (tertiary/aromatic N) is 1. The summed E-state index contributed by atoms with van der Waals surface area (Å²) in [7, 11) is 0. The largest absolute Gasteiger partial charge is 0.399 e. The molecule has 0 saturated heterocycles. The van der Waals surface area contributed by atoms with Crippen molar-refractivity contribution < 1.29 is 9.72 Å².